The molecule has 3 aliphatic heterocycles. The topological polar surface area (TPSA) is 91.9 Å². The van der Waals surface area contributed by atoms with Gasteiger partial charge in [-0.05, 0) is 74.4 Å². The standard InChI is InChI=1S/C33H37FN8O2/c1-3-29(43)42-14-13-40(20-24(42)17-35-2)31-26-9-10-28(27-18-36-16-22-7-4-5-8-25(22)27)37-30(26)38-32(39-31)44-21-33-11-6-12-41(33)19-23(34)15-33/h3,9-10,16,18,23-24H,1,4-8,11-15,17,19-21H2/t23-,24+,33+/m1/s1. The van der Waals surface area contributed by atoms with Crippen molar-refractivity contribution in [1.29, 1.82) is 0 Å². The van der Waals surface area contributed by atoms with Gasteiger partial charge < -0.3 is 19.4 Å². The zero-order valence-corrected chi connectivity index (χ0v) is 24.9. The minimum atomic E-state index is -0.851. The summed E-state index contributed by atoms with van der Waals surface area (Å²) in [5, 5.41) is 0.772. The third-order valence-corrected chi connectivity index (χ3v) is 9.84. The fraction of sp³-hybridized carbons (Fsp3) is 0.515. The number of alkyl halides is 1. The smallest absolute Gasteiger partial charge is 0.320 e. The van der Waals surface area contributed by atoms with Gasteiger partial charge in [-0.3, -0.25) is 14.7 Å². The molecule has 1 aliphatic carbocycles. The van der Waals surface area contributed by atoms with E-state index in [1.807, 2.05) is 24.5 Å². The van der Waals surface area contributed by atoms with E-state index in [9.17, 15) is 9.18 Å². The molecule has 3 saturated heterocycles. The molecule has 0 spiro atoms. The van der Waals surface area contributed by atoms with E-state index in [2.05, 4.69) is 26.2 Å². The van der Waals surface area contributed by atoms with Crippen LogP contribution in [0.15, 0.2) is 37.2 Å². The maximum atomic E-state index is 14.5. The Morgan fingerprint density at radius 3 is 2.89 bits per heavy atom. The van der Waals surface area contributed by atoms with Crippen LogP contribution in [0, 0.1) is 6.57 Å². The number of aryl methyl sites for hydroxylation is 1. The van der Waals surface area contributed by atoms with Crippen LogP contribution in [0.3, 0.4) is 0 Å². The summed E-state index contributed by atoms with van der Waals surface area (Å²) in [5.74, 6) is 0.484. The number of rotatable bonds is 7. The van der Waals surface area contributed by atoms with Crippen molar-refractivity contribution in [3.8, 4) is 17.3 Å². The molecule has 6 heterocycles. The monoisotopic (exact) mass is 596 g/mol. The third kappa shape index (κ3) is 5.15. The van der Waals surface area contributed by atoms with Crippen LogP contribution in [0.2, 0.25) is 0 Å². The molecule has 44 heavy (non-hydrogen) atoms. The Balaban J connectivity index is 1.27. The van der Waals surface area contributed by atoms with E-state index in [0.717, 1.165) is 55.3 Å². The number of anilines is 1. The van der Waals surface area contributed by atoms with E-state index in [1.54, 1.807) is 4.90 Å². The van der Waals surface area contributed by atoms with Gasteiger partial charge in [0.05, 0.1) is 16.6 Å². The quantitative estimate of drug-likeness (QED) is 0.298. The summed E-state index contributed by atoms with van der Waals surface area (Å²) in [4.78, 5) is 41.5. The van der Waals surface area contributed by atoms with Crippen LogP contribution in [-0.2, 0) is 17.6 Å². The molecule has 3 aromatic rings. The van der Waals surface area contributed by atoms with E-state index in [-0.39, 0.29) is 30.0 Å². The van der Waals surface area contributed by atoms with Crippen LogP contribution in [-0.4, -0.2) is 99.3 Å². The maximum Gasteiger partial charge on any atom is 0.320 e. The van der Waals surface area contributed by atoms with Crippen LogP contribution >= 0.6 is 0 Å². The average molecular weight is 597 g/mol. The lowest BCUT2D eigenvalue weighted by Crippen LogP contribution is -2.56. The number of carbonyl (C=O) groups excluding carboxylic acids is 1. The predicted molar refractivity (Wildman–Crippen MR) is 165 cm³/mol. The predicted octanol–water partition coefficient (Wildman–Crippen LogP) is 4.04. The number of hydrogen-bond acceptors (Lipinski definition) is 8. The molecule has 0 N–H and O–H groups in total. The van der Waals surface area contributed by atoms with Crippen molar-refractivity contribution in [1.82, 2.24) is 29.7 Å². The number of fused-ring (bicyclic) bond motifs is 3. The number of piperazine rings is 1. The second-order valence-corrected chi connectivity index (χ2v) is 12.5. The molecule has 10 nitrogen and oxygen atoms in total. The average Bonchev–Trinajstić information content (AvgIpc) is 3.58. The Kier molecular flexibility index (Phi) is 7.62. The van der Waals surface area contributed by atoms with Crippen molar-refractivity contribution in [2.45, 2.75) is 62.7 Å². The summed E-state index contributed by atoms with van der Waals surface area (Å²) in [6, 6.07) is 3.92. The highest BCUT2D eigenvalue weighted by molar-refractivity contribution is 5.90. The molecule has 3 aromatic heterocycles. The van der Waals surface area contributed by atoms with Crippen molar-refractivity contribution >= 4 is 22.8 Å². The fourth-order valence-corrected chi connectivity index (χ4v) is 7.67. The van der Waals surface area contributed by atoms with Crippen LogP contribution in [0.4, 0.5) is 10.2 Å². The number of carbonyl (C=O) groups is 1. The first-order chi connectivity index (χ1) is 21.5. The second-order valence-electron chi connectivity index (χ2n) is 12.5. The van der Waals surface area contributed by atoms with Gasteiger partial charge in [-0.25, -0.2) is 15.9 Å². The Morgan fingerprint density at radius 2 is 2.02 bits per heavy atom. The lowest BCUT2D eigenvalue weighted by Gasteiger charge is -2.39. The Bertz CT molecular complexity index is 1640. The summed E-state index contributed by atoms with van der Waals surface area (Å²) in [6.45, 7) is 14.4. The van der Waals surface area contributed by atoms with Gasteiger partial charge in [0.1, 0.15) is 24.6 Å². The molecular weight excluding hydrogens is 559 g/mol. The zero-order valence-electron chi connectivity index (χ0n) is 24.9. The van der Waals surface area contributed by atoms with E-state index in [1.165, 1.54) is 23.6 Å². The third-order valence-electron chi connectivity index (χ3n) is 9.84. The molecule has 3 atom stereocenters. The van der Waals surface area contributed by atoms with Crippen molar-refractivity contribution in [3.05, 3.63) is 59.7 Å². The second kappa shape index (κ2) is 11.7. The molecule has 7 rings (SSSR count). The summed E-state index contributed by atoms with van der Waals surface area (Å²) in [5.41, 5.74) is 4.60. The van der Waals surface area contributed by atoms with Gasteiger partial charge in [0.25, 0.3) is 0 Å². The number of aromatic nitrogens is 4. The molecule has 0 unspecified atom stereocenters. The lowest BCUT2D eigenvalue weighted by molar-refractivity contribution is -0.128. The summed E-state index contributed by atoms with van der Waals surface area (Å²) >= 11 is 0. The fourth-order valence-electron chi connectivity index (χ4n) is 7.67. The van der Waals surface area contributed by atoms with Crippen molar-refractivity contribution < 1.29 is 13.9 Å². The van der Waals surface area contributed by atoms with Crippen LogP contribution < -0.4 is 9.64 Å². The number of hydrogen-bond donors (Lipinski definition) is 0. The minimum absolute atomic E-state index is 0.177. The zero-order chi connectivity index (χ0) is 30.3. The van der Waals surface area contributed by atoms with Gasteiger partial charge in [0.2, 0.25) is 12.5 Å². The van der Waals surface area contributed by atoms with Crippen molar-refractivity contribution in [2.24, 2.45) is 0 Å². The normalized spacial score (nSPS) is 25.0. The van der Waals surface area contributed by atoms with E-state index < -0.39 is 6.17 Å². The molecule has 0 aromatic carbocycles. The van der Waals surface area contributed by atoms with E-state index in [0.29, 0.717) is 50.7 Å². The van der Waals surface area contributed by atoms with E-state index in [4.69, 9.17) is 26.3 Å². The molecule has 0 bridgehead atoms. The summed E-state index contributed by atoms with van der Waals surface area (Å²) < 4.78 is 20.8. The molecule has 1 amide bonds. The largest absolute Gasteiger partial charge is 0.461 e. The van der Waals surface area contributed by atoms with Gasteiger partial charge in [-0.1, -0.05) is 6.58 Å². The number of ether oxygens (including phenoxy) is 1. The van der Waals surface area contributed by atoms with Crippen molar-refractivity contribution in [3.63, 3.8) is 0 Å². The lowest BCUT2D eigenvalue weighted by atomic mass is 9.89. The molecule has 4 aliphatic rings. The number of halogens is 1. The number of pyridine rings is 2. The molecule has 3 fully saturated rings. The van der Waals surface area contributed by atoms with E-state index >= 15 is 0 Å². The Labute approximate surface area is 256 Å². The summed E-state index contributed by atoms with van der Waals surface area (Å²) in [7, 11) is 0. The molecular formula is C33H37FN8O2. The molecule has 0 radical (unpaired) electrons. The summed E-state index contributed by atoms with van der Waals surface area (Å²) in [6.07, 6.45) is 11.0. The SMILES string of the molecule is [C-]#[N+]C[C@H]1CN(c2nc(OC[C@@]34CCCN3C[C@H](F)C4)nc3nc(-c4cncc5c4CCCC5)ccc23)CCN1C(=O)C=C. The first-order valence-corrected chi connectivity index (χ1v) is 15.7. The highest BCUT2D eigenvalue weighted by atomic mass is 19.1. The number of amides is 1. The Hall–Kier alpha value is -4.17. The minimum Gasteiger partial charge on any atom is -0.461 e. The van der Waals surface area contributed by atoms with Gasteiger partial charge in [0, 0.05) is 50.6 Å². The van der Waals surface area contributed by atoms with Crippen LogP contribution in [0.25, 0.3) is 27.1 Å². The van der Waals surface area contributed by atoms with Crippen LogP contribution in [0.1, 0.15) is 43.2 Å². The first kappa shape index (κ1) is 28.6. The van der Waals surface area contributed by atoms with Gasteiger partial charge >= 0.3 is 6.01 Å². The van der Waals surface area contributed by atoms with Crippen LogP contribution in [0.5, 0.6) is 6.01 Å². The van der Waals surface area contributed by atoms with Crippen molar-refractivity contribution in [2.75, 3.05) is 50.8 Å². The molecule has 0 saturated carbocycles. The highest BCUT2D eigenvalue weighted by Gasteiger charge is 2.49. The van der Waals surface area contributed by atoms with Gasteiger partial charge in [-0.15, -0.1) is 0 Å². The highest BCUT2D eigenvalue weighted by Crippen LogP contribution is 2.40. The first-order valence-electron chi connectivity index (χ1n) is 15.7. The van der Waals surface area contributed by atoms with Gasteiger partial charge in [-0.2, -0.15) is 9.97 Å². The molecule has 228 valence electrons. The maximum absolute atomic E-state index is 14.5. The Morgan fingerprint density at radius 1 is 1.14 bits per heavy atom. The van der Waals surface area contributed by atoms with Gasteiger partial charge in [0.15, 0.2) is 5.65 Å². The number of nitrogens with zero attached hydrogens (tertiary/aromatic N) is 8. The molecule has 11 heteroatoms.